The molecule has 0 bridgehead atoms. The molecule has 3 rings (SSSR count). The zero-order chi connectivity index (χ0) is 18.2. The minimum atomic E-state index is 0.144. The van der Waals surface area contributed by atoms with Gasteiger partial charge in [-0.25, -0.2) is 0 Å². The minimum Gasteiger partial charge on any atom is -0.382 e. The Morgan fingerprint density at radius 3 is 2.81 bits per heavy atom. The first kappa shape index (κ1) is 18.9. The van der Waals surface area contributed by atoms with Gasteiger partial charge >= 0.3 is 0 Å². The lowest BCUT2D eigenvalue weighted by molar-refractivity contribution is -0.121. The summed E-state index contributed by atoms with van der Waals surface area (Å²) in [5.74, 6) is 0.144. The molecule has 0 heterocycles. The van der Waals surface area contributed by atoms with Crippen molar-refractivity contribution in [3.8, 4) is 0 Å². The maximum atomic E-state index is 12.1. The van der Waals surface area contributed by atoms with Crippen molar-refractivity contribution in [1.29, 1.82) is 0 Å². The van der Waals surface area contributed by atoms with Crippen molar-refractivity contribution in [2.45, 2.75) is 45.2 Å². The zero-order valence-corrected chi connectivity index (χ0v) is 15.7. The topological polar surface area (TPSA) is 41.6 Å². The van der Waals surface area contributed by atoms with Crippen LogP contribution in [0.4, 0.5) is 0 Å². The van der Waals surface area contributed by atoms with Crippen molar-refractivity contribution < 1.29 is 9.53 Å². The molecule has 1 aliphatic rings. The average Bonchev–Trinajstić information content (AvgIpc) is 3.50. The summed E-state index contributed by atoms with van der Waals surface area (Å²) in [6.45, 7) is 5.88. The van der Waals surface area contributed by atoms with Crippen molar-refractivity contribution in [3.63, 3.8) is 0 Å². The van der Waals surface area contributed by atoms with Crippen LogP contribution in [0.2, 0.25) is 0 Å². The first-order valence-electron chi connectivity index (χ1n) is 9.83. The van der Waals surface area contributed by atoms with Gasteiger partial charge in [0.25, 0.3) is 0 Å². The Balaban J connectivity index is 1.51. The number of fused-ring (bicyclic) bond motifs is 1. The summed E-state index contributed by atoms with van der Waals surface area (Å²) in [4.78, 5) is 14.6. The number of nitrogens with zero attached hydrogens (tertiary/aromatic N) is 1. The molecule has 0 atom stereocenters. The largest absolute Gasteiger partial charge is 0.382 e. The fourth-order valence-electron chi connectivity index (χ4n) is 3.36. The van der Waals surface area contributed by atoms with Crippen LogP contribution in [0.15, 0.2) is 42.5 Å². The molecule has 0 spiro atoms. The molecule has 2 aromatic carbocycles. The Labute approximate surface area is 156 Å². The summed E-state index contributed by atoms with van der Waals surface area (Å²) in [6.07, 6.45) is 3.94. The van der Waals surface area contributed by atoms with Crippen LogP contribution < -0.4 is 5.32 Å². The second kappa shape index (κ2) is 9.70. The highest BCUT2D eigenvalue weighted by atomic mass is 16.5. The molecule has 1 amide bonds. The van der Waals surface area contributed by atoms with Crippen molar-refractivity contribution in [2.24, 2.45) is 0 Å². The van der Waals surface area contributed by atoms with Gasteiger partial charge in [-0.05, 0) is 42.5 Å². The van der Waals surface area contributed by atoms with Crippen LogP contribution in [0.5, 0.6) is 0 Å². The van der Waals surface area contributed by atoms with Crippen molar-refractivity contribution in [1.82, 2.24) is 10.2 Å². The Hall–Kier alpha value is -1.91. The molecule has 0 aromatic heterocycles. The van der Waals surface area contributed by atoms with Gasteiger partial charge in [-0.15, -0.1) is 0 Å². The van der Waals surface area contributed by atoms with E-state index in [0.717, 1.165) is 26.1 Å². The van der Waals surface area contributed by atoms with E-state index in [9.17, 15) is 4.79 Å². The van der Waals surface area contributed by atoms with Gasteiger partial charge in [0.2, 0.25) is 5.91 Å². The van der Waals surface area contributed by atoms with Crippen LogP contribution in [-0.2, 0) is 16.1 Å². The maximum absolute atomic E-state index is 12.1. The van der Waals surface area contributed by atoms with E-state index in [4.69, 9.17) is 4.74 Å². The van der Waals surface area contributed by atoms with E-state index < -0.39 is 0 Å². The standard InChI is InChI=1S/C22H30N2O2/c1-2-26-16-6-14-23-22(25)13-15-24(20-11-12-20)17-19-9-5-8-18-7-3-4-10-21(18)19/h3-5,7-10,20H,2,6,11-17H2,1H3,(H,23,25). The highest BCUT2D eigenvalue weighted by Crippen LogP contribution is 2.30. The second-order valence-electron chi connectivity index (χ2n) is 6.99. The number of hydrogen-bond donors (Lipinski definition) is 1. The van der Waals surface area contributed by atoms with Gasteiger partial charge in [-0.1, -0.05) is 42.5 Å². The van der Waals surface area contributed by atoms with Crippen LogP contribution >= 0.6 is 0 Å². The Kier molecular flexibility index (Phi) is 7.04. The van der Waals surface area contributed by atoms with E-state index in [-0.39, 0.29) is 5.91 Å². The molecule has 140 valence electrons. The van der Waals surface area contributed by atoms with Gasteiger partial charge in [-0.2, -0.15) is 0 Å². The van der Waals surface area contributed by atoms with Gasteiger partial charge in [0.05, 0.1) is 0 Å². The smallest absolute Gasteiger partial charge is 0.221 e. The lowest BCUT2D eigenvalue weighted by atomic mass is 10.0. The quantitative estimate of drug-likeness (QED) is 0.625. The monoisotopic (exact) mass is 354 g/mol. The predicted molar refractivity (Wildman–Crippen MR) is 106 cm³/mol. The van der Waals surface area contributed by atoms with Crippen LogP contribution in [0.25, 0.3) is 10.8 Å². The summed E-state index contributed by atoms with van der Waals surface area (Å²) in [7, 11) is 0. The van der Waals surface area contributed by atoms with E-state index in [1.165, 1.54) is 29.2 Å². The third kappa shape index (κ3) is 5.55. The van der Waals surface area contributed by atoms with E-state index >= 15 is 0 Å². The Bertz CT molecular complexity index is 707. The van der Waals surface area contributed by atoms with E-state index in [2.05, 4.69) is 52.7 Å². The average molecular weight is 354 g/mol. The minimum absolute atomic E-state index is 0.144. The molecular formula is C22H30N2O2. The second-order valence-corrected chi connectivity index (χ2v) is 6.99. The normalized spacial score (nSPS) is 14.1. The summed E-state index contributed by atoms with van der Waals surface area (Å²) < 4.78 is 5.30. The molecule has 0 radical (unpaired) electrons. The predicted octanol–water partition coefficient (Wildman–Crippen LogP) is 3.74. The molecule has 1 N–H and O–H groups in total. The van der Waals surface area contributed by atoms with Gasteiger partial charge < -0.3 is 10.1 Å². The third-order valence-corrected chi connectivity index (χ3v) is 4.93. The van der Waals surface area contributed by atoms with Crippen LogP contribution in [0, 0.1) is 0 Å². The summed E-state index contributed by atoms with van der Waals surface area (Å²) in [5.41, 5.74) is 1.35. The highest BCUT2D eigenvalue weighted by molar-refractivity contribution is 5.85. The number of benzene rings is 2. The van der Waals surface area contributed by atoms with Gasteiger partial charge in [0.15, 0.2) is 0 Å². The fraction of sp³-hybridized carbons (Fsp3) is 0.500. The van der Waals surface area contributed by atoms with Crippen LogP contribution in [0.3, 0.4) is 0 Å². The number of hydrogen-bond acceptors (Lipinski definition) is 3. The molecule has 1 aliphatic carbocycles. The molecule has 0 unspecified atom stereocenters. The Morgan fingerprint density at radius 1 is 1.19 bits per heavy atom. The van der Waals surface area contributed by atoms with Crippen LogP contribution in [0.1, 0.15) is 38.2 Å². The third-order valence-electron chi connectivity index (χ3n) is 4.93. The summed E-state index contributed by atoms with van der Waals surface area (Å²) >= 11 is 0. The molecule has 26 heavy (non-hydrogen) atoms. The molecule has 2 aromatic rings. The SMILES string of the molecule is CCOCCCNC(=O)CCN(Cc1cccc2ccccc12)C1CC1. The van der Waals surface area contributed by atoms with Crippen molar-refractivity contribution in [3.05, 3.63) is 48.0 Å². The van der Waals surface area contributed by atoms with Gasteiger partial charge in [0.1, 0.15) is 0 Å². The number of nitrogens with one attached hydrogen (secondary N) is 1. The number of carbonyl (C=O) groups excluding carboxylic acids is 1. The highest BCUT2D eigenvalue weighted by Gasteiger charge is 2.29. The first-order chi connectivity index (χ1) is 12.8. The molecule has 4 nitrogen and oxygen atoms in total. The molecule has 0 saturated heterocycles. The van der Waals surface area contributed by atoms with E-state index in [1.54, 1.807) is 0 Å². The van der Waals surface area contributed by atoms with Crippen LogP contribution in [-0.4, -0.2) is 43.2 Å². The van der Waals surface area contributed by atoms with Crippen molar-refractivity contribution >= 4 is 16.7 Å². The number of rotatable bonds is 11. The number of carbonyl (C=O) groups is 1. The number of ether oxygens (including phenoxy) is 1. The molecule has 1 fully saturated rings. The zero-order valence-electron chi connectivity index (χ0n) is 15.7. The summed E-state index contributed by atoms with van der Waals surface area (Å²) in [5, 5.41) is 5.61. The molecule has 4 heteroatoms. The summed E-state index contributed by atoms with van der Waals surface area (Å²) in [6, 6.07) is 15.7. The molecule has 0 aliphatic heterocycles. The lowest BCUT2D eigenvalue weighted by Crippen LogP contribution is -2.32. The molecular weight excluding hydrogens is 324 g/mol. The fourth-order valence-corrected chi connectivity index (χ4v) is 3.36. The Morgan fingerprint density at radius 2 is 2.00 bits per heavy atom. The van der Waals surface area contributed by atoms with E-state index in [1.807, 2.05) is 6.92 Å². The molecule has 1 saturated carbocycles. The van der Waals surface area contributed by atoms with Crippen molar-refractivity contribution in [2.75, 3.05) is 26.3 Å². The maximum Gasteiger partial charge on any atom is 0.221 e. The van der Waals surface area contributed by atoms with E-state index in [0.29, 0.717) is 25.6 Å². The number of amides is 1. The lowest BCUT2D eigenvalue weighted by Gasteiger charge is -2.22. The van der Waals surface area contributed by atoms with Gasteiger partial charge in [-0.3, -0.25) is 9.69 Å². The van der Waals surface area contributed by atoms with Gasteiger partial charge in [0, 0.05) is 45.3 Å². The first-order valence-corrected chi connectivity index (χ1v) is 9.83.